The zero-order valence-corrected chi connectivity index (χ0v) is 48.3. The van der Waals surface area contributed by atoms with E-state index in [0.29, 0.717) is 34.2 Å². The molecule has 17 aromatic rings. The lowest BCUT2D eigenvalue weighted by Crippen LogP contribution is -2.06. The Balaban J connectivity index is 0.956. The topological polar surface area (TPSA) is 120 Å². The monoisotopic (exact) mass is 1150 g/mol. The van der Waals surface area contributed by atoms with Crippen molar-refractivity contribution in [1.29, 1.82) is 15.8 Å². The van der Waals surface area contributed by atoms with E-state index in [1.807, 2.05) is 84.9 Å². The van der Waals surface area contributed by atoms with E-state index in [-0.39, 0.29) is 0 Å². The number of para-hydroxylation sites is 2. The van der Waals surface area contributed by atoms with Gasteiger partial charge in [-0.25, -0.2) is 15.0 Å². The van der Waals surface area contributed by atoms with Gasteiger partial charge in [0.2, 0.25) is 0 Å². The first-order valence-electron chi connectivity index (χ1n) is 28.8. The van der Waals surface area contributed by atoms with Gasteiger partial charge in [-0.15, -0.1) is 22.7 Å². The van der Waals surface area contributed by atoms with Crippen molar-refractivity contribution in [2.75, 3.05) is 0 Å². The van der Waals surface area contributed by atoms with Crippen LogP contribution < -0.4 is 0 Å². The van der Waals surface area contributed by atoms with Crippen LogP contribution in [0.1, 0.15) is 16.7 Å². The second-order valence-corrected chi connectivity index (χ2v) is 24.2. The summed E-state index contributed by atoms with van der Waals surface area (Å²) in [6.45, 7) is 0. The largest absolute Gasteiger partial charge is 0.308 e. The number of rotatable bonds is 8. The van der Waals surface area contributed by atoms with Crippen LogP contribution in [0.15, 0.2) is 255 Å². The molecule has 0 bridgehead atoms. The van der Waals surface area contributed by atoms with Crippen molar-refractivity contribution < 1.29 is 0 Å². The molecule has 0 amide bonds. The van der Waals surface area contributed by atoms with Crippen LogP contribution in [0.5, 0.6) is 0 Å². The molecule has 0 N–H and O–H groups in total. The SMILES string of the molecule is N#Cc1ccc(-c2ccc(-c3nc(-c4ccc(-c5cccc(C#N)c5)cc4)nc(-c4ccc(-c5ccc(C#N)cc5)cc4-n4c5ccccc5c5cc6c(cc54)sc4ccccc46)n3)c(-n3c4ccccc4c4cc5c(cc43)sc3ccccc35)c2)cc1. The van der Waals surface area contributed by atoms with Crippen molar-refractivity contribution in [3.05, 3.63) is 271 Å². The molecule has 0 fully saturated rings. The van der Waals surface area contributed by atoms with Crippen LogP contribution in [0, 0.1) is 34.0 Å². The Labute approximate surface area is 511 Å². The van der Waals surface area contributed by atoms with Crippen LogP contribution in [0.2, 0.25) is 0 Å². The lowest BCUT2D eigenvalue weighted by Gasteiger charge is -2.18. The third-order valence-corrected chi connectivity index (χ3v) is 19.4. The molecule has 0 aliphatic heterocycles. The molecule has 88 heavy (non-hydrogen) atoms. The molecule has 0 unspecified atom stereocenters. The number of hydrogen-bond donors (Lipinski definition) is 0. The van der Waals surface area contributed by atoms with E-state index in [1.54, 1.807) is 22.7 Å². The molecule has 5 aromatic heterocycles. The summed E-state index contributed by atoms with van der Waals surface area (Å²) in [5, 5.41) is 39.0. The van der Waals surface area contributed by atoms with Gasteiger partial charge in [-0.05, 0) is 143 Å². The number of nitriles is 3. The smallest absolute Gasteiger partial charge is 0.166 e. The summed E-state index contributed by atoms with van der Waals surface area (Å²) in [6.07, 6.45) is 0. The van der Waals surface area contributed by atoms with Crippen molar-refractivity contribution in [2.24, 2.45) is 0 Å². The molecule has 0 aliphatic rings. The third kappa shape index (κ3) is 8.19. The van der Waals surface area contributed by atoms with Gasteiger partial charge in [0.25, 0.3) is 0 Å². The fourth-order valence-corrected chi connectivity index (χ4v) is 15.1. The Morgan fingerprint density at radius 3 is 1.14 bits per heavy atom. The molecule has 5 heterocycles. The van der Waals surface area contributed by atoms with E-state index < -0.39 is 0 Å². The number of thiophene rings is 2. The van der Waals surface area contributed by atoms with Crippen molar-refractivity contribution in [1.82, 2.24) is 24.1 Å². The van der Waals surface area contributed by atoms with Crippen molar-refractivity contribution in [3.8, 4) is 97.1 Å². The maximum absolute atomic E-state index is 9.87. The molecule has 406 valence electrons. The molecule has 0 radical (unpaired) electrons. The van der Waals surface area contributed by atoms with Gasteiger partial charge in [-0.2, -0.15) is 15.8 Å². The standard InChI is InChI=1S/C78H42N8S2/c79-43-46-20-24-49(25-21-46)54-32-34-60(68(37-54)85-66-16-5-1-12-56(66)62-39-64-58-14-3-7-18-72(58)87-74(64)41-70(62)85)77-82-76(52-30-28-51(29-31-52)53-11-9-10-48(36-53)45-81)83-78(84-77)61-35-33-55(50-26-22-47(44-80)23-27-50)38-69(61)86-67-17-6-2-13-57(67)63-40-65-59-15-4-8-19-73(59)88-75(65)42-71(63)86/h1-42H. The summed E-state index contributed by atoms with van der Waals surface area (Å²) >= 11 is 3.59. The summed E-state index contributed by atoms with van der Waals surface area (Å²) in [5.74, 6) is 1.42. The lowest BCUT2D eigenvalue weighted by molar-refractivity contribution is 1.06. The second-order valence-electron chi connectivity index (χ2n) is 22.1. The number of hydrogen-bond acceptors (Lipinski definition) is 8. The Bertz CT molecular complexity index is 5590. The Kier molecular flexibility index (Phi) is 11.6. The minimum Gasteiger partial charge on any atom is -0.308 e. The molecule has 0 atom stereocenters. The zero-order chi connectivity index (χ0) is 58.6. The second kappa shape index (κ2) is 20.2. The van der Waals surface area contributed by atoms with Gasteiger partial charge in [-0.1, -0.05) is 146 Å². The van der Waals surface area contributed by atoms with Crippen LogP contribution in [0.25, 0.3) is 163 Å². The fraction of sp³-hybridized carbons (Fsp3) is 0. The first kappa shape index (κ1) is 50.7. The molecule has 17 rings (SSSR count). The Morgan fingerprint density at radius 2 is 0.659 bits per heavy atom. The van der Waals surface area contributed by atoms with Gasteiger partial charge in [-0.3, -0.25) is 0 Å². The van der Waals surface area contributed by atoms with E-state index in [9.17, 15) is 15.8 Å². The average Bonchev–Trinajstić information content (AvgIpc) is 1.61. The van der Waals surface area contributed by atoms with Crippen LogP contribution >= 0.6 is 22.7 Å². The highest BCUT2D eigenvalue weighted by atomic mass is 32.1. The summed E-state index contributed by atoms with van der Waals surface area (Å²) in [4.78, 5) is 16.8. The van der Waals surface area contributed by atoms with E-state index >= 15 is 0 Å². The first-order chi connectivity index (χ1) is 43.4. The van der Waals surface area contributed by atoms with Crippen molar-refractivity contribution >= 4 is 107 Å². The molecule has 8 nitrogen and oxygen atoms in total. The third-order valence-electron chi connectivity index (χ3n) is 17.1. The van der Waals surface area contributed by atoms with E-state index in [0.717, 1.165) is 105 Å². The fourth-order valence-electron chi connectivity index (χ4n) is 12.9. The number of fused-ring (bicyclic) bond motifs is 12. The molecule has 0 saturated heterocycles. The van der Waals surface area contributed by atoms with Gasteiger partial charge in [0.1, 0.15) is 0 Å². The van der Waals surface area contributed by atoms with Gasteiger partial charge >= 0.3 is 0 Å². The Morgan fingerprint density at radius 1 is 0.261 bits per heavy atom. The molecule has 0 spiro atoms. The summed E-state index contributed by atoms with van der Waals surface area (Å²) in [7, 11) is 0. The molecular weight excluding hydrogens is 1110 g/mol. The summed E-state index contributed by atoms with van der Waals surface area (Å²) in [5.41, 5.74) is 15.7. The quantitative estimate of drug-likeness (QED) is 0.149. The Hall–Kier alpha value is -11.8. The maximum Gasteiger partial charge on any atom is 0.166 e. The van der Waals surface area contributed by atoms with Crippen LogP contribution in [-0.2, 0) is 0 Å². The minimum absolute atomic E-state index is 0.470. The van der Waals surface area contributed by atoms with Gasteiger partial charge in [0.05, 0.1) is 68.3 Å². The van der Waals surface area contributed by atoms with Crippen molar-refractivity contribution in [3.63, 3.8) is 0 Å². The number of nitrogens with zero attached hydrogens (tertiary/aromatic N) is 8. The summed E-state index contributed by atoms with van der Waals surface area (Å²) in [6, 6.07) is 95.1. The number of benzene rings is 12. The lowest BCUT2D eigenvalue weighted by atomic mass is 9.99. The van der Waals surface area contributed by atoms with Crippen LogP contribution in [-0.4, -0.2) is 24.1 Å². The van der Waals surface area contributed by atoms with E-state index in [1.165, 1.54) is 40.3 Å². The number of aromatic nitrogens is 5. The normalized spacial score (nSPS) is 11.6. The molecular formula is C78H42N8S2. The van der Waals surface area contributed by atoms with E-state index in [4.69, 9.17) is 15.0 Å². The minimum atomic E-state index is 0.470. The van der Waals surface area contributed by atoms with E-state index in [2.05, 4.69) is 197 Å². The predicted octanol–water partition coefficient (Wildman–Crippen LogP) is 20.4. The van der Waals surface area contributed by atoms with Gasteiger partial charge in [0, 0.05) is 78.6 Å². The molecule has 10 heteroatoms. The molecule has 12 aromatic carbocycles. The highest BCUT2D eigenvalue weighted by Crippen LogP contribution is 2.46. The van der Waals surface area contributed by atoms with Crippen LogP contribution in [0.3, 0.4) is 0 Å². The highest BCUT2D eigenvalue weighted by Gasteiger charge is 2.25. The highest BCUT2D eigenvalue weighted by molar-refractivity contribution is 7.26. The van der Waals surface area contributed by atoms with Crippen molar-refractivity contribution in [2.45, 2.75) is 0 Å². The summed E-state index contributed by atoms with van der Waals surface area (Å²) < 4.78 is 9.58. The average molecular weight is 1160 g/mol. The molecule has 0 aliphatic carbocycles. The van der Waals surface area contributed by atoms with Crippen LogP contribution in [0.4, 0.5) is 0 Å². The predicted molar refractivity (Wildman–Crippen MR) is 361 cm³/mol. The van der Waals surface area contributed by atoms with Gasteiger partial charge in [0.15, 0.2) is 17.5 Å². The first-order valence-corrected chi connectivity index (χ1v) is 30.4. The zero-order valence-electron chi connectivity index (χ0n) is 46.6. The molecule has 0 saturated carbocycles. The maximum atomic E-state index is 9.87. The van der Waals surface area contributed by atoms with Gasteiger partial charge < -0.3 is 9.13 Å².